The van der Waals surface area contributed by atoms with E-state index in [0.29, 0.717) is 18.4 Å². The van der Waals surface area contributed by atoms with Crippen LogP contribution in [-0.2, 0) is 4.79 Å². The topological polar surface area (TPSA) is 75.5 Å². The van der Waals surface area contributed by atoms with Crippen LogP contribution in [0.15, 0.2) is 12.3 Å². The molecule has 1 aromatic heterocycles. The van der Waals surface area contributed by atoms with Crippen LogP contribution in [0.2, 0.25) is 0 Å². The second kappa shape index (κ2) is 4.99. The number of aliphatic carboxylic acids is 1. The van der Waals surface area contributed by atoms with Crippen LogP contribution in [0, 0.1) is 0 Å². The molecule has 92 valence electrons. The van der Waals surface area contributed by atoms with E-state index in [0.717, 1.165) is 12.8 Å². The average molecular weight is 237 g/mol. The highest BCUT2D eigenvalue weighted by Gasteiger charge is 2.32. The van der Waals surface area contributed by atoms with Gasteiger partial charge in [-0.1, -0.05) is 0 Å². The first kappa shape index (κ1) is 11.6. The number of hydrogen-bond acceptors (Lipinski definition) is 5. The molecule has 2 rings (SSSR count). The summed E-state index contributed by atoms with van der Waals surface area (Å²) in [5, 5.41) is 8.87. The van der Waals surface area contributed by atoms with Crippen LogP contribution >= 0.6 is 0 Å². The summed E-state index contributed by atoms with van der Waals surface area (Å²) in [4.78, 5) is 20.8. The SMILES string of the molecule is CCOc1ccnc(N(CC(=O)O)C2CC2)n1. The van der Waals surface area contributed by atoms with Crippen molar-refractivity contribution in [3.63, 3.8) is 0 Å². The van der Waals surface area contributed by atoms with Gasteiger partial charge in [0.15, 0.2) is 0 Å². The molecule has 1 heterocycles. The van der Waals surface area contributed by atoms with Gasteiger partial charge in [-0.15, -0.1) is 0 Å². The van der Waals surface area contributed by atoms with Crippen LogP contribution in [0.5, 0.6) is 5.88 Å². The molecule has 1 fully saturated rings. The summed E-state index contributed by atoms with van der Waals surface area (Å²) < 4.78 is 5.28. The molecule has 0 amide bonds. The summed E-state index contributed by atoms with van der Waals surface area (Å²) in [7, 11) is 0. The first-order chi connectivity index (χ1) is 8.20. The molecule has 1 aromatic rings. The van der Waals surface area contributed by atoms with Crippen molar-refractivity contribution >= 4 is 11.9 Å². The number of ether oxygens (including phenoxy) is 1. The molecule has 1 saturated carbocycles. The third kappa shape index (κ3) is 3.05. The molecule has 1 N–H and O–H groups in total. The van der Waals surface area contributed by atoms with Gasteiger partial charge in [0.05, 0.1) is 6.61 Å². The summed E-state index contributed by atoms with van der Waals surface area (Å²) in [6, 6.07) is 1.92. The van der Waals surface area contributed by atoms with Gasteiger partial charge in [-0.05, 0) is 19.8 Å². The minimum Gasteiger partial charge on any atom is -0.480 e. The highest BCUT2D eigenvalue weighted by atomic mass is 16.5. The number of nitrogens with zero attached hydrogens (tertiary/aromatic N) is 3. The van der Waals surface area contributed by atoms with Crippen molar-refractivity contribution < 1.29 is 14.6 Å². The lowest BCUT2D eigenvalue weighted by Gasteiger charge is -2.20. The van der Waals surface area contributed by atoms with E-state index >= 15 is 0 Å². The Labute approximate surface area is 99.2 Å². The summed E-state index contributed by atoms with van der Waals surface area (Å²) in [5.41, 5.74) is 0. The molecule has 0 bridgehead atoms. The molecule has 0 aliphatic heterocycles. The van der Waals surface area contributed by atoms with E-state index in [-0.39, 0.29) is 12.6 Å². The van der Waals surface area contributed by atoms with Crippen LogP contribution in [0.3, 0.4) is 0 Å². The molecule has 0 spiro atoms. The van der Waals surface area contributed by atoms with Crippen LogP contribution in [0.4, 0.5) is 5.95 Å². The van der Waals surface area contributed by atoms with Gasteiger partial charge in [0.2, 0.25) is 11.8 Å². The monoisotopic (exact) mass is 237 g/mol. The summed E-state index contributed by atoms with van der Waals surface area (Å²) in [6.45, 7) is 2.33. The van der Waals surface area contributed by atoms with Crippen LogP contribution in [0.25, 0.3) is 0 Å². The van der Waals surface area contributed by atoms with Gasteiger partial charge in [0, 0.05) is 18.3 Å². The highest BCUT2D eigenvalue weighted by Crippen LogP contribution is 2.29. The molecule has 1 aliphatic carbocycles. The maximum atomic E-state index is 10.8. The van der Waals surface area contributed by atoms with Crippen molar-refractivity contribution in [3.05, 3.63) is 12.3 Å². The molecule has 6 heteroatoms. The maximum Gasteiger partial charge on any atom is 0.323 e. The van der Waals surface area contributed by atoms with Crippen LogP contribution in [0.1, 0.15) is 19.8 Å². The maximum absolute atomic E-state index is 10.8. The lowest BCUT2D eigenvalue weighted by Crippen LogP contribution is -2.33. The molecule has 0 aromatic carbocycles. The number of aromatic nitrogens is 2. The van der Waals surface area contributed by atoms with Crippen molar-refractivity contribution in [2.24, 2.45) is 0 Å². The molecule has 6 nitrogen and oxygen atoms in total. The van der Waals surface area contributed by atoms with E-state index in [1.165, 1.54) is 0 Å². The first-order valence-electron chi connectivity index (χ1n) is 5.65. The van der Waals surface area contributed by atoms with Gasteiger partial charge in [0.1, 0.15) is 6.54 Å². The molecular weight excluding hydrogens is 222 g/mol. The molecular formula is C11H15N3O3. The van der Waals surface area contributed by atoms with Crippen molar-refractivity contribution in [3.8, 4) is 5.88 Å². The van der Waals surface area contributed by atoms with Gasteiger partial charge in [-0.25, -0.2) is 4.98 Å². The van der Waals surface area contributed by atoms with E-state index in [1.54, 1.807) is 17.2 Å². The first-order valence-corrected chi connectivity index (χ1v) is 5.65. The largest absolute Gasteiger partial charge is 0.480 e. The lowest BCUT2D eigenvalue weighted by atomic mass is 10.5. The predicted octanol–water partition coefficient (Wildman–Crippen LogP) is 0.929. The molecule has 0 unspecified atom stereocenters. The Morgan fingerprint density at radius 1 is 1.65 bits per heavy atom. The van der Waals surface area contributed by atoms with Gasteiger partial charge >= 0.3 is 5.97 Å². The minimum absolute atomic E-state index is 0.0692. The third-order valence-corrected chi connectivity index (χ3v) is 2.46. The summed E-state index contributed by atoms with van der Waals surface area (Å²) in [6.07, 6.45) is 3.58. The second-order valence-corrected chi connectivity index (χ2v) is 3.88. The minimum atomic E-state index is -0.873. The predicted molar refractivity (Wildman–Crippen MR) is 61.2 cm³/mol. The molecule has 17 heavy (non-hydrogen) atoms. The number of carbonyl (C=O) groups is 1. The Balaban J connectivity index is 2.16. The third-order valence-electron chi connectivity index (χ3n) is 2.46. The summed E-state index contributed by atoms with van der Waals surface area (Å²) >= 11 is 0. The van der Waals surface area contributed by atoms with Crippen molar-refractivity contribution in [1.82, 2.24) is 9.97 Å². The number of carboxylic acid groups (broad SMARTS) is 1. The van der Waals surface area contributed by atoms with Gasteiger partial charge in [-0.3, -0.25) is 4.79 Å². The van der Waals surface area contributed by atoms with Gasteiger partial charge in [-0.2, -0.15) is 4.98 Å². The highest BCUT2D eigenvalue weighted by molar-refractivity contribution is 5.73. The normalized spacial score (nSPS) is 14.4. The zero-order valence-corrected chi connectivity index (χ0v) is 9.67. The fourth-order valence-electron chi connectivity index (χ4n) is 1.59. The Morgan fingerprint density at radius 3 is 3.00 bits per heavy atom. The van der Waals surface area contributed by atoms with Crippen LogP contribution in [-0.4, -0.2) is 40.2 Å². The van der Waals surface area contributed by atoms with Gasteiger partial charge in [0.25, 0.3) is 0 Å². The van der Waals surface area contributed by atoms with E-state index in [4.69, 9.17) is 9.84 Å². The van der Waals surface area contributed by atoms with E-state index in [1.807, 2.05) is 6.92 Å². The van der Waals surface area contributed by atoms with E-state index in [9.17, 15) is 4.79 Å². The number of carboxylic acids is 1. The zero-order valence-electron chi connectivity index (χ0n) is 9.67. The molecule has 0 atom stereocenters. The molecule has 1 aliphatic rings. The van der Waals surface area contributed by atoms with E-state index in [2.05, 4.69) is 9.97 Å². The van der Waals surface area contributed by atoms with E-state index < -0.39 is 5.97 Å². The number of rotatable bonds is 6. The van der Waals surface area contributed by atoms with Crippen molar-refractivity contribution in [2.45, 2.75) is 25.8 Å². The Hall–Kier alpha value is -1.85. The Kier molecular flexibility index (Phi) is 3.41. The lowest BCUT2D eigenvalue weighted by molar-refractivity contribution is -0.135. The van der Waals surface area contributed by atoms with Crippen molar-refractivity contribution in [2.75, 3.05) is 18.1 Å². The fraction of sp³-hybridized carbons (Fsp3) is 0.545. The van der Waals surface area contributed by atoms with Crippen molar-refractivity contribution in [1.29, 1.82) is 0 Å². The molecule has 0 radical (unpaired) electrons. The second-order valence-electron chi connectivity index (χ2n) is 3.88. The zero-order chi connectivity index (χ0) is 12.3. The summed E-state index contributed by atoms with van der Waals surface area (Å²) in [5.74, 6) is 0.0386. The number of hydrogen-bond donors (Lipinski definition) is 1. The standard InChI is InChI=1S/C11H15N3O3/c1-2-17-9-5-6-12-11(13-9)14(7-10(15)16)8-3-4-8/h5-6,8H,2-4,7H2,1H3,(H,15,16). The number of anilines is 1. The van der Waals surface area contributed by atoms with Crippen LogP contribution < -0.4 is 9.64 Å². The smallest absolute Gasteiger partial charge is 0.323 e. The average Bonchev–Trinajstić information content (AvgIpc) is 3.10. The quantitative estimate of drug-likeness (QED) is 0.793. The Morgan fingerprint density at radius 2 is 2.41 bits per heavy atom. The molecule has 0 saturated heterocycles. The van der Waals surface area contributed by atoms with Gasteiger partial charge < -0.3 is 14.7 Å². The Bertz CT molecular complexity index is 407. The fourth-order valence-corrected chi connectivity index (χ4v) is 1.59.